The molecule has 0 radical (unpaired) electrons. The van der Waals surface area contributed by atoms with E-state index in [2.05, 4.69) is 4.98 Å². The zero-order chi connectivity index (χ0) is 11.1. The highest BCUT2D eigenvalue weighted by atomic mass is 35.5. The van der Waals surface area contributed by atoms with Crippen LogP contribution in [0.3, 0.4) is 0 Å². The van der Waals surface area contributed by atoms with Crippen LogP contribution in [0.2, 0.25) is 5.15 Å². The summed E-state index contributed by atoms with van der Waals surface area (Å²) in [5, 5.41) is 0.495. The molecule has 0 saturated carbocycles. The van der Waals surface area contributed by atoms with E-state index >= 15 is 0 Å². The van der Waals surface area contributed by atoms with Crippen molar-refractivity contribution in [3.05, 3.63) is 29.0 Å². The Morgan fingerprint density at radius 1 is 1.40 bits per heavy atom. The van der Waals surface area contributed by atoms with Gasteiger partial charge in [-0.1, -0.05) is 11.6 Å². The third kappa shape index (κ3) is 5.72. The van der Waals surface area contributed by atoms with E-state index in [0.29, 0.717) is 25.0 Å². The van der Waals surface area contributed by atoms with Crippen molar-refractivity contribution in [1.29, 1.82) is 0 Å². The first-order chi connectivity index (χ1) is 7.18. The minimum atomic E-state index is 0.254. The molecule has 0 aromatic carbocycles. The zero-order valence-corrected chi connectivity index (χ0v) is 9.83. The molecule has 0 bridgehead atoms. The second-order valence-electron chi connectivity index (χ2n) is 3.46. The van der Waals surface area contributed by atoms with Crippen molar-refractivity contribution in [2.24, 2.45) is 0 Å². The van der Waals surface area contributed by atoms with Crippen LogP contribution in [0, 0.1) is 0 Å². The lowest BCUT2D eigenvalue weighted by molar-refractivity contribution is 0.0143. The first-order valence-corrected chi connectivity index (χ1v) is 5.36. The minimum absolute atomic E-state index is 0.254. The Balaban J connectivity index is 2.15. The molecule has 0 aliphatic carbocycles. The van der Waals surface area contributed by atoms with Gasteiger partial charge in [-0.3, -0.25) is 0 Å². The highest BCUT2D eigenvalue weighted by Gasteiger charge is 1.96. The Morgan fingerprint density at radius 2 is 2.20 bits per heavy atom. The Labute approximate surface area is 95.4 Å². The molecule has 0 atom stereocenters. The zero-order valence-electron chi connectivity index (χ0n) is 9.07. The topological polar surface area (TPSA) is 31.4 Å². The molecular formula is C11H16ClNO2. The highest BCUT2D eigenvalue weighted by Crippen LogP contribution is 2.07. The van der Waals surface area contributed by atoms with Crippen molar-refractivity contribution >= 4 is 11.6 Å². The molecule has 84 valence electrons. The maximum atomic E-state index is 5.74. The average Bonchev–Trinajstić information content (AvgIpc) is 2.17. The highest BCUT2D eigenvalue weighted by molar-refractivity contribution is 6.29. The van der Waals surface area contributed by atoms with Crippen molar-refractivity contribution < 1.29 is 9.47 Å². The summed E-state index contributed by atoms with van der Waals surface area (Å²) < 4.78 is 10.8. The van der Waals surface area contributed by atoms with Crippen LogP contribution in [0.5, 0.6) is 0 Å². The van der Waals surface area contributed by atoms with Gasteiger partial charge in [-0.25, -0.2) is 4.98 Å². The van der Waals surface area contributed by atoms with Crippen molar-refractivity contribution in [3.8, 4) is 0 Å². The standard InChI is InChI=1S/C11H16ClNO2/c1-9(2)15-6-5-14-8-10-3-4-13-11(12)7-10/h3-4,7,9H,5-6,8H2,1-2H3. The molecule has 0 saturated heterocycles. The van der Waals surface area contributed by atoms with Gasteiger partial charge in [0.2, 0.25) is 0 Å². The van der Waals surface area contributed by atoms with Crippen LogP contribution in [-0.4, -0.2) is 24.3 Å². The molecule has 0 aliphatic rings. The maximum Gasteiger partial charge on any atom is 0.129 e. The maximum absolute atomic E-state index is 5.74. The van der Waals surface area contributed by atoms with Crippen LogP contribution < -0.4 is 0 Å². The summed E-state index contributed by atoms with van der Waals surface area (Å²) in [4.78, 5) is 3.89. The molecule has 0 N–H and O–H groups in total. The lowest BCUT2D eigenvalue weighted by Crippen LogP contribution is -2.09. The molecule has 0 unspecified atom stereocenters. The van der Waals surface area contributed by atoms with Gasteiger partial charge in [0.25, 0.3) is 0 Å². The predicted octanol–water partition coefficient (Wildman–Crippen LogP) is 2.68. The Bertz CT molecular complexity index is 292. The van der Waals surface area contributed by atoms with E-state index in [4.69, 9.17) is 21.1 Å². The van der Waals surface area contributed by atoms with Gasteiger partial charge in [-0.05, 0) is 31.5 Å². The van der Waals surface area contributed by atoms with Gasteiger partial charge in [-0.15, -0.1) is 0 Å². The molecule has 1 aromatic heterocycles. The summed E-state index contributed by atoms with van der Waals surface area (Å²) in [6.45, 7) is 5.77. The molecule has 0 fully saturated rings. The van der Waals surface area contributed by atoms with Gasteiger partial charge in [0.05, 0.1) is 25.9 Å². The van der Waals surface area contributed by atoms with Crippen LogP contribution >= 0.6 is 11.6 Å². The number of halogens is 1. The Kier molecular flexibility index (Phi) is 5.61. The molecule has 1 heterocycles. The number of rotatable bonds is 6. The van der Waals surface area contributed by atoms with E-state index in [-0.39, 0.29) is 6.10 Å². The van der Waals surface area contributed by atoms with Crippen LogP contribution in [-0.2, 0) is 16.1 Å². The molecule has 0 aliphatic heterocycles. The van der Waals surface area contributed by atoms with Crippen molar-refractivity contribution in [1.82, 2.24) is 4.98 Å². The lowest BCUT2D eigenvalue weighted by Gasteiger charge is -2.08. The lowest BCUT2D eigenvalue weighted by atomic mass is 10.3. The summed E-state index contributed by atoms with van der Waals surface area (Å²) in [5.41, 5.74) is 1.03. The molecule has 1 rings (SSSR count). The minimum Gasteiger partial charge on any atom is -0.376 e. The van der Waals surface area contributed by atoms with Crippen LogP contribution in [0.1, 0.15) is 19.4 Å². The summed E-state index contributed by atoms with van der Waals surface area (Å²) in [7, 11) is 0. The molecule has 3 nitrogen and oxygen atoms in total. The molecule has 0 amide bonds. The van der Waals surface area contributed by atoms with Crippen LogP contribution in [0.25, 0.3) is 0 Å². The van der Waals surface area contributed by atoms with Gasteiger partial charge in [0.15, 0.2) is 0 Å². The average molecular weight is 230 g/mol. The molecule has 1 aromatic rings. The molecule has 4 heteroatoms. The van der Waals surface area contributed by atoms with Crippen molar-refractivity contribution in [2.75, 3.05) is 13.2 Å². The fourth-order valence-electron chi connectivity index (χ4n) is 1.07. The summed E-state index contributed by atoms with van der Waals surface area (Å²) in [6, 6.07) is 3.68. The quantitative estimate of drug-likeness (QED) is 0.555. The van der Waals surface area contributed by atoms with E-state index in [1.54, 1.807) is 12.3 Å². The number of hydrogen-bond donors (Lipinski definition) is 0. The monoisotopic (exact) mass is 229 g/mol. The number of aromatic nitrogens is 1. The second-order valence-corrected chi connectivity index (χ2v) is 3.85. The number of ether oxygens (including phenoxy) is 2. The van der Waals surface area contributed by atoms with Gasteiger partial charge in [0.1, 0.15) is 5.15 Å². The number of hydrogen-bond acceptors (Lipinski definition) is 3. The van der Waals surface area contributed by atoms with Crippen molar-refractivity contribution in [3.63, 3.8) is 0 Å². The van der Waals surface area contributed by atoms with Gasteiger partial charge >= 0.3 is 0 Å². The SMILES string of the molecule is CC(C)OCCOCc1ccnc(Cl)c1. The second kappa shape index (κ2) is 6.77. The normalized spacial score (nSPS) is 10.9. The predicted molar refractivity (Wildman–Crippen MR) is 60.0 cm³/mol. The van der Waals surface area contributed by atoms with Crippen molar-refractivity contribution in [2.45, 2.75) is 26.6 Å². The fourth-order valence-corrected chi connectivity index (χ4v) is 1.26. The largest absolute Gasteiger partial charge is 0.376 e. The van der Waals surface area contributed by atoms with Gasteiger partial charge in [-0.2, -0.15) is 0 Å². The van der Waals surface area contributed by atoms with Gasteiger partial charge in [0, 0.05) is 6.20 Å². The molecular weight excluding hydrogens is 214 g/mol. The first-order valence-electron chi connectivity index (χ1n) is 4.98. The molecule has 0 spiro atoms. The molecule has 15 heavy (non-hydrogen) atoms. The number of nitrogens with zero attached hydrogens (tertiary/aromatic N) is 1. The summed E-state index contributed by atoms with van der Waals surface area (Å²) in [5.74, 6) is 0. The summed E-state index contributed by atoms with van der Waals surface area (Å²) >= 11 is 5.74. The Hall–Kier alpha value is -0.640. The van der Waals surface area contributed by atoms with E-state index in [1.165, 1.54) is 0 Å². The first kappa shape index (κ1) is 12.4. The van der Waals surface area contributed by atoms with E-state index in [9.17, 15) is 0 Å². The smallest absolute Gasteiger partial charge is 0.129 e. The third-order valence-corrected chi connectivity index (χ3v) is 1.95. The van der Waals surface area contributed by atoms with E-state index in [1.807, 2.05) is 19.9 Å². The van der Waals surface area contributed by atoms with Crippen LogP contribution in [0.15, 0.2) is 18.3 Å². The summed E-state index contributed by atoms with van der Waals surface area (Å²) in [6.07, 6.45) is 1.93. The third-order valence-electron chi connectivity index (χ3n) is 1.74. The number of pyridine rings is 1. The van der Waals surface area contributed by atoms with Crippen LogP contribution in [0.4, 0.5) is 0 Å². The van der Waals surface area contributed by atoms with E-state index < -0.39 is 0 Å². The Morgan fingerprint density at radius 3 is 2.87 bits per heavy atom. The van der Waals surface area contributed by atoms with Gasteiger partial charge < -0.3 is 9.47 Å². The fraction of sp³-hybridized carbons (Fsp3) is 0.545. The van der Waals surface area contributed by atoms with E-state index in [0.717, 1.165) is 5.56 Å².